The van der Waals surface area contributed by atoms with Gasteiger partial charge in [0.15, 0.2) is 0 Å². The number of benzene rings is 1. The molecule has 0 spiro atoms. The van der Waals surface area contributed by atoms with Gasteiger partial charge in [0.1, 0.15) is 11.5 Å². The van der Waals surface area contributed by atoms with E-state index in [1.165, 1.54) is 5.56 Å². The highest BCUT2D eigenvalue weighted by Crippen LogP contribution is 2.16. The van der Waals surface area contributed by atoms with Crippen LogP contribution in [0.1, 0.15) is 21.9 Å². The number of rotatable bonds is 6. The predicted octanol–water partition coefficient (Wildman–Crippen LogP) is 2.06. The van der Waals surface area contributed by atoms with Crippen molar-refractivity contribution in [2.24, 2.45) is 5.73 Å². The van der Waals surface area contributed by atoms with Crippen LogP contribution in [-0.2, 0) is 13.1 Å². The van der Waals surface area contributed by atoms with Gasteiger partial charge in [0.25, 0.3) is 5.91 Å². The molecule has 1 aromatic carbocycles. The third kappa shape index (κ3) is 3.60. The van der Waals surface area contributed by atoms with Crippen molar-refractivity contribution in [2.45, 2.75) is 13.1 Å². The highest BCUT2D eigenvalue weighted by atomic mass is 16.1. The zero-order valence-corrected chi connectivity index (χ0v) is 13.5. The van der Waals surface area contributed by atoms with E-state index in [-0.39, 0.29) is 5.69 Å². The largest absolute Gasteiger partial charge is 0.367 e. The maximum Gasteiger partial charge on any atom is 0.267 e. The van der Waals surface area contributed by atoms with E-state index < -0.39 is 5.91 Å². The maximum absolute atomic E-state index is 11.3. The molecule has 0 aliphatic rings. The second kappa shape index (κ2) is 6.95. The number of hydrogen-bond acceptors (Lipinski definition) is 4. The lowest BCUT2D eigenvalue weighted by atomic mass is 10.2. The number of anilines is 1. The van der Waals surface area contributed by atoms with Gasteiger partial charge in [-0.05, 0) is 17.7 Å². The first-order valence-electron chi connectivity index (χ1n) is 7.64. The number of carbonyl (C=O) groups is 1. The van der Waals surface area contributed by atoms with Gasteiger partial charge in [-0.2, -0.15) is 0 Å². The van der Waals surface area contributed by atoms with Gasteiger partial charge in [0.05, 0.1) is 6.54 Å². The van der Waals surface area contributed by atoms with E-state index in [1.807, 2.05) is 42.4 Å². The molecule has 3 aromatic rings. The molecule has 0 saturated carbocycles. The Balaban J connectivity index is 1.76. The molecule has 0 bridgehead atoms. The van der Waals surface area contributed by atoms with Crippen molar-refractivity contribution in [1.29, 1.82) is 0 Å². The molecule has 6 nitrogen and oxygen atoms in total. The first-order chi connectivity index (χ1) is 11.6. The van der Waals surface area contributed by atoms with E-state index >= 15 is 0 Å². The van der Waals surface area contributed by atoms with Crippen molar-refractivity contribution < 1.29 is 4.79 Å². The van der Waals surface area contributed by atoms with Gasteiger partial charge in [-0.1, -0.05) is 30.3 Å². The Bertz CT molecular complexity index is 828. The van der Waals surface area contributed by atoms with Crippen LogP contribution in [0.2, 0.25) is 0 Å². The Morgan fingerprint density at radius 3 is 2.71 bits per heavy atom. The van der Waals surface area contributed by atoms with Crippen molar-refractivity contribution in [1.82, 2.24) is 14.5 Å². The van der Waals surface area contributed by atoms with E-state index in [0.717, 1.165) is 18.1 Å². The SMILES string of the molecule is CN(Cc1nccn1Cc1ccccc1)c1ccnc(C(N)=O)c1. The molecule has 6 heteroatoms. The average molecular weight is 321 g/mol. The molecule has 2 heterocycles. The first-order valence-corrected chi connectivity index (χ1v) is 7.64. The summed E-state index contributed by atoms with van der Waals surface area (Å²) in [6.45, 7) is 1.38. The quantitative estimate of drug-likeness (QED) is 0.754. The van der Waals surface area contributed by atoms with Crippen LogP contribution in [0, 0.1) is 0 Å². The van der Waals surface area contributed by atoms with Gasteiger partial charge < -0.3 is 15.2 Å². The summed E-state index contributed by atoms with van der Waals surface area (Å²) in [5.74, 6) is 0.412. The maximum atomic E-state index is 11.3. The molecule has 0 aliphatic carbocycles. The topological polar surface area (TPSA) is 77.0 Å². The highest BCUT2D eigenvalue weighted by Gasteiger charge is 2.10. The van der Waals surface area contributed by atoms with Crippen molar-refractivity contribution >= 4 is 11.6 Å². The fourth-order valence-electron chi connectivity index (χ4n) is 2.51. The zero-order valence-electron chi connectivity index (χ0n) is 13.5. The Kier molecular flexibility index (Phi) is 4.56. The minimum Gasteiger partial charge on any atom is -0.367 e. The molecular formula is C18H19N5O. The predicted molar refractivity (Wildman–Crippen MR) is 92.6 cm³/mol. The molecule has 2 N–H and O–H groups in total. The third-order valence-corrected chi connectivity index (χ3v) is 3.81. The first kappa shape index (κ1) is 15.7. The van der Waals surface area contributed by atoms with Crippen molar-refractivity contribution in [3.63, 3.8) is 0 Å². The molecule has 24 heavy (non-hydrogen) atoms. The molecule has 0 atom stereocenters. The minimum absolute atomic E-state index is 0.256. The molecule has 0 radical (unpaired) electrons. The Hall–Kier alpha value is -3.15. The van der Waals surface area contributed by atoms with Crippen LogP contribution in [0.15, 0.2) is 61.1 Å². The number of nitrogens with two attached hydrogens (primary N) is 1. The summed E-state index contributed by atoms with van der Waals surface area (Å²) >= 11 is 0. The monoisotopic (exact) mass is 321 g/mol. The third-order valence-electron chi connectivity index (χ3n) is 3.81. The fraction of sp³-hybridized carbons (Fsp3) is 0.167. The molecule has 2 aromatic heterocycles. The number of carbonyl (C=O) groups excluding carboxylic acids is 1. The molecular weight excluding hydrogens is 302 g/mol. The van der Waals surface area contributed by atoms with Crippen LogP contribution >= 0.6 is 0 Å². The summed E-state index contributed by atoms with van der Waals surface area (Å²) in [6, 6.07) is 13.8. The second-order valence-electron chi connectivity index (χ2n) is 5.58. The van der Waals surface area contributed by atoms with Gasteiger partial charge in [0.2, 0.25) is 0 Å². The summed E-state index contributed by atoms with van der Waals surface area (Å²) in [5.41, 5.74) is 7.64. The number of nitrogens with zero attached hydrogens (tertiary/aromatic N) is 4. The standard InChI is InChI=1S/C18H19N5O/c1-22(15-7-8-20-16(11-15)18(19)24)13-17-21-9-10-23(17)12-14-5-3-2-4-6-14/h2-11H,12-13H2,1H3,(H2,19,24). The molecule has 122 valence electrons. The Morgan fingerprint density at radius 2 is 1.96 bits per heavy atom. The summed E-state index contributed by atoms with van der Waals surface area (Å²) in [6.07, 6.45) is 5.35. The van der Waals surface area contributed by atoms with E-state index in [9.17, 15) is 4.79 Å². The van der Waals surface area contributed by atoms with E-state index in [4.69, 9.17) is 5.73 Å². The van der Waals surface area contributed by atoms with Crippen molar-refractivity contribution in [3.8, 4) is 0 Å². The van der Waals surface area contributed by atoms with Crippen LogP contribution in [-0.4, -0.2) is 27.5 Å². The van der Waals surface area contributed by atoms with Crippen LogP contribution in [0.3, 0.4) is 0 Å². The van der Waals surface area contributed by atoms with E-state index in [1.54, 1.807) is 18.5 Å². The molecule has 3 rings (SSSR count). The lowest BCUT2D eigenvalue weighted by molar-refractivity contribution is 0.0995. The minimum atomic E-state index is -0.532. The van der Waals surface area contributed by atoms with Gasteiger partial charge in [-0.15, -0.1) is 0 Å². The van der Waals surface area contributed by atoms with Gasteiger partial charge in [-0.3, -0.25) is 9.78 Å². The number of pyridine rings is 1. The van der Waals surface area contributed by atoms with Crippen molar-refractivity contribution in [2.75, 3.05) is 11.9 Å². The normalized spacial score (nSPS) is 10.5. The lowest BCUT2D eigenvalue weighted by Crippen LogP contribution is -2.21. The summed E-state index contributed by atoms with van der Waals surface area (Å²) in [4.78, 5) is 21.7. The molecule has 1 amide bonds. The molecule has 0 fully saturated rings. The molecule has 0 unspecified atom stereocenters. The fourth-order valence-corrected chi connectivity index (χ4v) is 2.51. The Labute approximate surface area is 140 Å². The van der Waals surface area contributed by atoms with Crippen LogP contribution in [0.5, 0.6) is 0 Å². The smallest absolute Gasteiger partial charge is 0.267 e. The van der Waals surface area contributed by atoms with Gasteiger partial charge in [-0.25, -0.2) is 4.98 Å². The summed E-state index contributed by atoms with van der Waals surface area (Å²) in [7, 11) is 1.95. The highest BCUT2D eigenvalue weighted by molar-refractivity contribution is 5.91. The van der Waals surface area contributed by atoms with Crippen LogP contribution in [0.4, 0.5) is 5.69 Å². The van der Waals surface area contributed by atoms with Crippen LogP contribution < -0.4 is 10.6 Å². The number of amides is 1. The van der Waals surface area contributed by atoms with Gasteiger partial charge >= 0.3 is 0 Å². The van der Waals surface area contributed by atoms with E-state index in [2.05, 4.69) is 26.7 Å². The second-order valence-corrected chi connectivity index (χ2v) is 5.58. The number of aromatic nitrogens is 3. The molecule has 0 saturated heterocycles. The van der Waals surface area contributed by atoms with Crippen molar-refractivity contribution in [3.05, 3.63) is 78.1 Å². The van der Waals surface area contributed by atoms with Crippen LogP contribution in [0.25, 0.3) is 0 Å². The Morgan fingerprint density at radius 1 is 1.17 bits per heavy atom. The number of primary amides is 1. The average Bonchev–Trinajstić information content (AvgIpc) is 3.02. The lowest BCUT2D eigenvalue weighted by Gasteiger charge is -2.20. The summed E-state index contributed by atoms with van der Waals surface area (Å²) in [5, 5.41) is 0. The number of imidazole rings is 1. The zero-order chi connectivity index (χ0) is 16.9. The summed E-state index contributed by atoms with van der Waals surface area (Å²) < 4.78 is 2.11. The number of hydrogen-bond donors (Lipinski definition) is 1. The van der Waals surface area contributed by atoms with E-state index in [0.29, 0.717) is 6.54 Å². The molecule has 0 aliphatic heterocycles. The van der Waals surface area contributed by atoms with Gasteiger partial charge in [0, 0.05) is 37.9 Å².